The molecule has 0 aromatic heterocycles. The van der Waals surface area contributed by atoms with E-state index in [2.05, 4.69) is 5.32 Å². The van der Waals surface area contributed by atoms with Gasteiger partial charge >= 0.3 is 0 Å². The number of nitrogens with zero attached hydrogens (tertiary/aromatic N) is 1. The molecule has 6 heteroatoms. The summed E-state index contributed by atoms with van der Waals surface area (Å²) in [4.78, 5) is 26.4. The SMILES string of the molecule is CCN(CC(=O)Nc1ccc2c(c1)OCCO2)C(=O)C1CCCC1. The lowest BCUT2D eigenvalue weighted by Crippen LogP contribution is -2.40. The Hall–Kier alpha value is -2.24. The number of ether oxygens (including phenoxy) is 2. The summed E-state index contributed by atoms with van der Waals surface area (Å²) >= 11 is 0. The molecule has 0 atom stereocenters. The molecule has 1 saturated carbocycles. The van der Waals surface area contributed by atoms with Crippen LogP contribution in [0.4, 0.5) is 5.69 Å². The highest BCUT2D eigenvalue weighted by Crippen LogP contribution is 2.32. The van der Waals surface area contributed by atoms with Gasteiger partial charge < -0.3 is 19.7 Å². The molecule has 24 heavy (non-hydrogen) atoms. The van der Waals surface area contributed by atoms with Crippen molar-refractivity contribution in [2.45, 2.75) is 32.6 Å². The second-order valence-corrected chi connectivity index (χ2v) is 6.24. The van der Waals surface area contributed by atoms with Gasteiger partial charge in [0, 0.05) is 24.2 Å². The number of carbonyl (C=O) groups excluding carboxylic acids is 2. The van der Waals surface area contributed by atoms with Gasteiger partial charge in [-0.25, -0.2) is 0 Å². The molecule has 0 bridgehead atoms. The van der Waals surface area contributed by atoms with Crippen LogP contribution in [0.15, 0.2) is 18.2 Å². The molecule has 0 spiro atoms. The van der Waals surface area contributed by atoms with Gasteiger partial charge in [-0.2, -0.15) is 0 Å². The molecule has 1 aliphatic carbocycles. The second kappa shape index (κ2) is 7.55. The van der Waals surface area contributed by atoms with Crippen LogP contribution >= 0.6 is 0 Å². The number of likely N-dealkylation sites (N-methyl/N-ethyl adjacent to an activating group) is 1. The van der Waals surface area contributed by atoms with Gasteiger partial charge in [0.25, 0.3) is 0 Å². The molecule has 6 nitrogen and oxygen atoms in total. The molecule has 130 valence electrons. The fourth-order valence-electron chi connectivity index (χ4n) is 3.27. The molecule has 1 N–H and O–H groups in total. The zero-order valence-electron chi connectivity index (χ0n) is 14.0. The largest absolute Gasteiger partial charge is 0.486 e. The van der Waals surface area contributed by atoms with E-state index >= 15 is 0 Å². The van der Waals surface area contributed by atoms with Crippen LogP contribution in [-0.4, -0.2) is 43.0 Å². The van der Waals surface area contributed by atoms with Crippen molar-refractivity contribution in [1.29, 1.82) is 0 Å². The molecule has 0 saturated heterocycles. The summed E-state index contributed by atoms with van der Waals surface area (Å²) in [6.07, 6.45) is 4.10. The Morgan fingerprint density at radius 3 is 2.58 bits per heavy atom. The summed E-state index contributed by atoms with van der Waals surface area (Å²) in [6, 6.07) is 5.31. The average molecular weight is 332 g/mol. The molecule has 1 heterocycles. The van der Waals surface area contributed by atoms with E-state index in [0.29, 0.717) is 36.9 Å². The van der Waals surface area contributed by atoms with Crippen LogP contribution in [0.25, 0.3) is 0 Å². The lowest BCUT2D eigenvalue weighted by Gasteiger charge is -2.24. The highest BCUT2D eigenvalue weighted by Gasteiger charge is 2.27. The topological polar surface area (TPSA) is 67.9 Å². The number of amides is 2. The average Bonchev–Trinajstić information content (AvgIpc) is 3.13. The highest BCUT2D eigenvalue weighted by molar-refractivity contribution is 5.95. The van der Waals surface area contributed by atoms with Crippen LogP contribution in [0.5, 0.6) is 11.5 Å². The fourth-order valence-corrected chi connectivity index (χ4v) is 3.27. The van der Waals surface area contributed by atoms with Crippen molar-refractivity contribution >= 4 is 17.5 Å². The van der Waals surface area contributed by atoms with Gasteiger partial charge in [0.1, 0.15) is 13.2 Å². The van der Waals surface area contributed by atoms with Crippen LogP contribution in [0.1, 0.15) is 32.6 Å². The van der Waals surface area contributed by atoms with Crippen molar-refractivity contribution in [3.05, 3.63) is 18.2 Å². The van der Waals surface area contributed by atoms with Gasteiger partial charge in [-0.15, -0.1) is 0 Å². The van der Waals surface area contributed by atoms with Crippen molar-refractivity contribution in [3.8, 4) is 11.5 Å². The molecule has 2 aliphatic rings. The van der Waals surface area contributed by atoms with E-state index in [-0.39, 0.29) is 24.3 Å². The number of nitrogens with one attached hydrogen (secondary N) is 1. The molecule has 0 unspecified atom stereocenters. The molecular weight excluding hydrogens is 308 g/mol. The Morgan fingerprint density at radius 2 is 1.88 bits per heavy atom. The van der Waals surface area contributed by atoms with Crippen molar-refractivity contribution in [1.82, 2.24) is 4.90 Å². The summed E-state index contributed by atoms with van der Waals surface area (Å²) < 4.78 is 11.0. The van der Waals surface area contributed by atoms with Crippen molar-refractivity contribution < 1.29 is 19.1 Å². The minimum Gasteiger partial charge on any atom is -0.486 e. The quantitative estimate of drug-likeness (QED) is 0.899. The van der Waals surface area contributed by atoms with E-state index in [1.165, 1.54) is 0 Å². The van der Waals surface area contributed by atoms with Gasteiger partial charge in [-0.3, -0.25) is 9.59 Å². The maximum atomic E-state index is 12.5. The summed E-state index contributed by atoms with van der Waals surface area (Å²) in [5.74, 6) is 1.32. The van der Waals surface area contributed by atoms with E-state index in [4.69, 9.17) is 9.47 Å². The Kier molecular flexibility index (Phi) is 5.23. The number of fused-ring (bicyclic) bond motifs is 1. The first-order valence-electron chi connectivity index (χ1n) is 8.65. The number of hydrogen-bond acceptors (Lipinski definition) is 4. The van der Waals surface area contributed by atoms with Crippen LogP contribution in [-0.2, 0) is 9.59 Å². The number of anilines is 1. The monoisotopic (exact) mass is 332 g/mol. The standard InChI is InChI=1S/C18H24N2O4/c1-2-20(18(22)13-5-3-4-6-13)12-17(21)19-14-7-8-15-16(11-14)24-10-9-23-15/h7-8,11,13H,2-6,9-10,12H2,1H3,(H,19,21). The van der Waals surface area contributed by atoms with E-state index in [1.54, 1.807) is 23.1 Å². The number of benzene rings is 1. The van der Waals surface area contributed by atoms with E-state index in [0.717, 1.165) is 25.7 Å². The van der Waals surface area contributed by atoms with E-state index in [9.17, 15) is 9.59 Å². The highest BCUT2D eigenvalue weighted by atomic mass is 16.6. The molecule has 1 aromatic carbocycles. The third-order valence-corrected chi connectivity index (χ3v) is 4.56. The van der Waals surface area contributed by atoms with Crippen LogP contribution < -0.4 is 14.8 Å². The lowest BCUT2D eigenvalue weighted by atomic mass is 10.1. The smallest absolute Gasteiger partial charge is 0.243 e. The summed E-state index contributed by atoms with van der Waals surface area (Å²) in [7, 11) is 0. The van der Waals surface area contributed by atoms with Crippen LogP contribution in [0.2, 0.25) is 0 Å². The number of hydrogen-bond donors (Lipinski definition) is 1. The first-order chi connectivity index (χ1) is 11.7. The second-order valence-electron chi connectivity index (χ2n) is 6.24. The molecule has 2 amide bonds. The van der Waals surface area contributed by atoms with E-state index < -0.39 is 0 Å². The number of rotatable bonds is 5. The molecule has 1 aromatic rings. The lowest BCUT2D eigenvalue weighted by molar-refractivity contribution is -0.138. The fraction of sp³-hybridized carbons (Fsp3) is 0.556. The molecule has 0 radical (unpaired) electrons. The molecule has 3 rings (SSSR count). The summed E-state index contributed by atoms with van der Waals surface area (Å²) in [5, 5.41) is 2.83. The predicted octanol–water partition coefficient (Wildman–Crippen LogP) is 2.44. The third kappa shape index (κ3) is 3.80. The zero-order chi connectivity index (χ0) is 16.9. The molecule has 1 aliphatic heterocycles. The van der Waals surface area contributed by atoms with Crippen molar-refractivity contribution in [2.75, 3.05) is 31.6 Å². The third-order valence-electron chi connectivity index (χ3n) is 4.56. The van der Waals surface area contributed by atoms with Gasteiger partial charge in [-0.1, -0.05) is 12.8 Å². The number of carbonyl (C=O) groups is 2. The Bertz CT molecular complexity index is 611. The maximum absolute atomic E-state index is 12.5. The minimum atomic E-state index is -0.195. The Balaban J connectivity index is 1.58. The molecular formula is C18H24N2O4. The predicted molar refractivity (Wildman–Crippen MR) is 90.3 cm³/mol. The first-order valence-corrected chi connectivity index (χ1v) is 8.65. The normalized spacial score (nSPS) is 16.7. The first kappa shape index (κ1) is 16.6. The summed E-state index contributed by atoms with van der Waals surface area (Å²) in [5.41, 5.74) is 0.647. The van der Waals surface area contributed by atoms with Gasteiger partial charge in [-0.05, 0) is 31.9 Å². The van der Waals surface area contributed by atoms with Crippen molar-refractivity contribution in [3.63, 3.8) is 0 Å². The van der Waals surface area contributed by atoms with Crippen LogP contribution in [0.3, 0.4) is 0 Å². The van der Waals surface area contributed by atoms with Crippen molar-refractivity contribution in [2.24, 2.45) is 5.92 Å². The molecule has 1 fully saturated rings. The van der Waals surface area contributed by atoms with Gasteiger partial charge in [0.05, 0.1) is 6.54 Å². The Morgan fingerprint density at radius 1 is 1.17 bits per heavy atom. The zero-order valence-corrected chi connectivity index (χ0v) is 14.0. The minimum absolute atomic E-state index is 0.0836. The van der Waals surface area contributed by atoms with Gasteiger partial charge in [0.15, 0.2) is 11.5 Å². The summed E-state index contributed by atoms with van der Waals surface area (Å²) in [6.45, 7) is 3.58. The Labute approximate surface area is 142 Å². The van der Waals surface area contributed by atoms with Crippen LogP contribution in [0, 0.1) is 5.92 Å². The maximum Gasteiger partial charge on any atom is 0.243 e. The van der Waals surface area contributed by atoms with Gasteiger partial charge in [0.2, 0.25) is 11.8 Å². The van der Waals surface area contributed by atoms with E-state index in [1.807, 2.05) is 6.92 Å².